The van der Waals surface area contributed by atoms with E-state index in [1.165, 1.54) is 12.1 Å². The second-order valence-electron chi connectivity index (χ2n) is 7.39. The third kappa shape index (κ3) is 3.85. The van der Waals surface area contributed by atoms with Gasteiger partial charge in [-0.15, -0.1) is 0 Å². The van der Waals surface area contributed by atoms with Gasteiger partial charge in [-0.2, -0.15) is 5.10 Å². The average Bonchev–Trinajstić information content (AvgIpc) is 3.45. The van der Waals surface area contributed by atoms with E-state index in [-0.39, 0.29) is 18.3 Å². The van der Waals surface area contributed by atoms with E-state index in [9.17, 15) is 9.18 Å². The number of aromatic nitrogens is 5. The summed E-state index contributed by atoms with van der Waals surface area (Å²) in [7, 11) is 0. The van der Waals surface area contributed by atoms with Crippen LogP contribution >= 0.6 is 0 Å². The van der Waals surface area contributed by atoms with Crippen LogP contribution in [0.5, 0.6) is 0 Å². The molecule has 0 bridgehead atoms. The number of fused-ring (bicyclic) bond motifs is 1. The van der Waals surface area contributed by atoms with Crippen LogP contribution in [-0.4, -0.2) is 30.1 Å². The smallest absolute Gasteiger partial charge is 0.272 e. The minimum absolute atomic E-state index is 0.268. The molecule has 0 atom stereocenters. The van der Waals surface area contributed by atoms with Gasteiger partial charge in [0.15, 0.2) is 5.69 Å². The maximum absolute atomic E-state index is 13.7. The van der Waals surface area contributed by atoms with Gasteiger partial charge in [0.1, 0.15) is 11.6 Å². The second kappa shape index (κ2) is 8.07. The lowest BCUT2D eigenvalue weighted by molar-refractivity contribution is 0.0945. The monoisotopic (exact) mass is 426 g/mol. The van der Waals surface area contributed by atoms with Gasteiger partial charge in [-0.25, -0.2) is 9.07 Å². The van der Waals surface area contributed by atoms with Crippen LogP contribution in [0.4, 0.5) is 4.39 Å². The number of hydrogen-bond acceptors (Lipinski definition) is 4. The predicted molar refractivity (Wildman–Crippen MR) is 118 cm³/mol. The highest BCUT2D eigenvalue weighted by Crippen LogP contribution is 2.23. The van der Waals surface area contributed by atoms with Gasteiger partial charge in [0, 0.05) is 24.1 Å². The van der Waals surface area contributed by atoms with E-state index in [1.807, 2.05) is 47.9 Å². The average molecular weight is 426 g/mol. The number of pyridine rings is 1. The molecule has 5 rings (SSSR count). The first-order valence-corrected chi connectivity index (χ1v) is 10.1. The number of carbonyl (C=O) groups excluding carboxylic acids is 1. The molecular weight excluding hydrogens is 407 g/mol. The number of halogens is 1. The third-order valence-corrected chi connectivity index (χ3v) is 5.11. The molecule has 0 spiro atoms. The Bertz CT molecular complexity index is 1420. The zero-order chi connectivity index (χ0) is 22.1. The Balaban J connectivity index is 1.39. The highest BCUT2D eigenvalue weighted by molar-refractivity contribution is 5.92. The van der Waals surface area contributed by atoms with Gasteiger partial charge < -0.3 is 9.72 Å². The summed E-state index contributed by atoms with van der Waals surface area (Å²) in [6.45, 7) is 2.12. The minimum Gasteiger partial charge on any atom is -0.345 e. The van der Waals surface area contributed by atoms with Crippen molar-refractivity contribution in [2.24, 2.45) is 0 Å². The first-order chi connectivity index (χ1) is 15.6. The van der Waals surface area contributed by atoms with Crippen LogP contribution in [0.25, 0.3) is 22.5 Å². The van der Waals surface area contributed by atoms with Crippen molar-refractivity contribution in [1.29, 1.82) is 0 Å². The number of hydrogen-bond donors (Lipinski definition) is 1. The summed E-state index contributed by atoms with van der Waals surface area (Å²) >= 11 is 0. The quantitative estimate of drug-likeness (QED) is 0.462. The molecule has 32 heavy (non-hydrogen) atoms. The first-order valence-electron chi connectivity index (χ1n) is 10.1. The van der Waals surface area contributed by atoms with Crippen molar-refractivity contribution < 1.29 is 9.18 Å². The van der Waals surface area contributed by atoms with E-state index in [4.69, 9.17) is 0 Å². The Morgan fingerprint density at radius 1 is 1.03 bits per heavy atom. The fraction of sp³-hybridized carbons (Fsp3) is 0.0833. The Labute approximate surface area is 183 Å². The molecule has 158 valence electrons. The SMILES string of the molecule is Cc1cnc(CNC(=O)c2ccn(-c3ccc4ccc(-c5cccc(F)c5)cn34)n2)cn1. The van der Waals surface area contributed by atoms with Crippen molar-refractivity contribution in [3.8, 4) is 16.9 Å². The number of nitrogens with zero attached hydrogens (tertiary/aromatic N) is 5. The molecule has 1 amide bonds. The van der Waals surface area contributed by atoms with Gasteiger partial charge in [0.25, 0.3) is 5.91 Å². The number of carbonyl (C=O) groups is 1. The maximum atomic E-state index is 13.7. The first kappa shape index (κ1) is 19.6. The molecule has 1 N–H and O–H groups in total. The zero-order valence-corrected chi connectivity index (χ0v) is 17.2. The molecule has 0 saturated heterocycles. The van der Waals surface area contributed by atoms with Crippen LogP contribution in [0, 0.1) is 12.7 Å². The molecule has 5 aromatic rings. The van der Waals surface area contributed by atoms with E-state index in [1.54, 1.807) is 35.4 Å². The summed E-state index contributed by atoms with van der Waals surface area (Å²) in [5.74, 6) is 0.184. The molecule has 1 aromatic carbocycles. The lowest BCUT2D eigenvalue weighted by Gasteiger charge is -2.07. The molecule has 7 nitrogen and oxygen atoms in total. The van der Waals surface area contributed by atoms with Crippen molar-refractivity contribution in [2.75, 3.05) is 0 Å². The molecule has 0 aliphatic heterocycles. The van der Waals surface area contributed by atoms with E-state index >= 15 is 0 Å². The summed E-state index contributed by atoms with van der Waals surface area (Å²) < 4.78 is 17.2. The Morgan fingerprint density at radius 2 is 1.91 bits per heavy atom. The molecule has 8 heteroatoms. The topological polar surface area (TPSA) is 77.1 Å². The molecule has 0 radical (unpaired) electrons. The van der Waals surface area contributed by atoms with Gasteiger partial charge >= 0.3 is 0 Å². The normalized spacial score (nSPS) is 11.1. The van der Waals surface area contributed by atoms with Gasteiger partial charge in [0.05, 0.1) is 24.1 Å². The van der Waals surface area contributed by atoms with Crippen molar-refractivity contribution in [1.82, 2.24) is 29.5 Å². The summed E-state index contributed by atoms with van der Waals surface area (Å²) in [6, 6.07) is 15.9. The predicted octanol–water partition coefficient (Wildman–Crippen LogP) is 3.96. The Kier molecular flexibility index (Phi) is 4.95. The van der Waals surface area contributed by atoms with Crippen molar-refractivity contribution in [3.05, 3.63) is 102 Å². The van der Waals surface area contributed by atoms with E-state index in [2.05, 4.69) is 20.4 Å². The highest BCUT2D eigenvalue weighted by Gasteiger charge is 2.13. The van der Waals surface area contributed by atoms with Gasteiger partial charge in [-0.05, 0) is 54.4 Å². The molecule has 0 aliphatic rings. The molecule has 0 fully saturated rings. The van der Waals surface area contributed by atoms with E-state index in [0.717, 1.165) is 28.2 Å². The van der Waals surface area contributed by atoms with Crippen LogP contribution in [0.1, 0.15) is 21.9 Å². The standard InChI is InChI=1S/C24H19FN6O/c1-16-12-27-20(13-26-16)14-28-24(32)22-9-10-31(29-22)23-8-7-21-6-5-18(15-30(21)23)17-3-2-4-19(25)11-17/h2-13,15H,14H2,1H3,(H,28,32). The van der Waals surface area contributed by atoms with E-state index in [0.29, 0.717) is 11.4 Å². The van der Waals surface area contributed by atoms with Gasteiger partial charge in [0.2, 0.25) is 0 Å². The summed E-state index contributed by atoms with van der Waals surface area (Å²) in [4.78, 5) is 20.9. The lowest BCUT2D eigenvalue weighted by Crippen LogP contribution is -2.24. The number of nitrogens with one attached hydrogen (secondary N) is 1. The summed E-state index contributed by atoms with van der Waals surface area (Å²) in [5, 5.41) is 7.24. The molecule has 4 aromatic heterocycles. The molecule has 4 heterocycles. The zero-order valence-electron chi connectivity index (χ0n) is 17.2. The van der Waals surface area contributed by atoms with E-state index < -0.39 is 0 Å². The maximum Gasteiger partial charge on any atom is 0.272 e. The Hall–Kier alpha value is -4.33. The summed E-state index contributed by atoms with van der Waals surface area (Å²) in [5.41, 5.74) is 4.40. The van der Waals surface area contributed by atoms with Crippen LogP contribution in [-0.2, 0) is 6.54 Å². The van der Waals surface area contributed by atoms with Gasteiger partial charge in [-0.3, -0.25) is 14.8 Å². The van der Waals surface area contributed by atoms with Crippen molar-refractivity contribution in [2.45, 2.75) is 13.5 Å². The Morgan fingerprint density at radius 3 is 2.72 bits per heavy atom. The minimum atomic E-state index is -0.299. The molecular formula is C24H19FN6O. The number of aryl methyl sites for hydroxylation is 1. The largest absolute Gasteiger partial charge is 0.345 e. The van der Waals surface area contributed by atoms with Crippen LogP contribution in [0.3, 0.4) is 0 Å². The summed E-state index contributed by atoms with van der Waals surface area (Å²) in [6.07, 6.45) is 6.96. The van der Waals surface area contributed by atoms with Crippen molar-refractivity contribution >= 4 is 11.4 Å². The van der Waals surface area contributed by atoms with Crippen LogP contribution in [0.15, 0.2) is 79.4 Å². The number of rotatable bonds is 5. The number of amides is 1. The van der Waals surface area contributed by atoms with Crippen LogP contribution in [0.2, 0.25) is 0 Å². The molecule has 0 saturated carbocycles. The second-order valence-corrected chi connectivity index (χ2v) is 7.39. The molecule has 0 unspecified atom stereocenters. The third-order valence-electron chi connectivity index (χ3n) is 5.11. The lowest BCUT2D eigenvalue weighted by atomic mass is 10.1. The van der Waals surface area contributed by atoms with Crippen LogP contribution < -0.4 is 5.32 Å². The van der Waals surface area contributed by atoms with Gasteiger partial charge in [-0.1, -0.05) is 18.2 Å². The fourth-order valence-electron chi connectivity index (χ4n) is 3.46. The number of benzene rings is 1. The van der Waals surface area contributed by atoms with Crippen molar-refractivity contribution in [3.63, 3.8) is 0 Å². The fourth-order valence-corrected chi connectivity index (χ4v) is 3.46. The molecule has 0 aliphatic carbocycles. The highest BCUT2D eigenvalue weighted by atomic mass is 19.1.